The molecule has 0 radical (unpaired) electrons. The van der Waals surface area contributed by atoms with Gasteiger partial charge in [0.2, 0.25) is 0 Å². The van der Waals surface area contributed by atoms with Gasteiger partial charge in [-0.1, -0.05) is 19.9 Å². The van der Waals surface area contributed by atoms with Crippen molar-refractivity contribution >= 4 is 11.6 Å². The summed E-state index contributed by atoms with van der Waals surface area (Å²) in [6.07, 6.45) is 1.59. The van der Waals surface area contributed by atoms with Crippen molar-refractivity contribution in [2.75, 3.05) is 0 Å². The molecule has 2 rings (SSSR count). The van der Waals surface area contributed by atoms with Crippen LogP contribution >= 0.6 is 11.6 Å². The van der Waals surface area contributed by atoms with Gasteiger partial charge in [0.25, 0.3) is 0 Å². The molecule has 2 nitrogen and oxygen atoms in total. The Morgan fingerprint density at radius 2 is 1.90 bits per heavy atom. The first-order chi connectivity index (χ1) is 9.97. The van der Waals surface area contributed by atoms with Crippen LogP contribution in [0.15, 0.2) is 18.2 Å². The van der Waals surface area contributed by atoms with Crippen molar-refractivity contribution in [3.05, 3.63) is 52.3 Å². The number of rotatable bonds is 5. The summed E-state index contributed by atoms with van der Waals surface area (Å²) in [5.74, 6) is -1.67. The maximum atomic E-state index is 13.3. The molecule has 1 unspecified atom stereocenters. The van der Waals surface area contributed by atoms with Crippen LogP contribution in [0.25, 0.3) is 0 Å². The number of hydrogen-bond donors (Lipinski definition) is 0. The summed E-state index contributed by atoms with van der Waals surface area (Å²) in [4.78, 5) is 0. The highest BCUT2D eigenvalue weighted by atomic mass is 35.5. The lowest BCUT2D eigenvalue weighted by molar-refractivity contribution is 0.505. The predicted molar refractivity (Wildman–Crippen MR) is 80.7 cm³/mol. The monoisotopic (exact) mass is 312 g/mol. The topological polar surface area (TPSA) is 17.8 Å². The number of alkyl halides is 1. The quantitative estimate of drug-likeness (QED) is 0.736. The molecule has 0 amide bonds. The lowest BCUT2D eigenvalue weighted by Gasteiger charge is -2.09. The standard InChI is InChI=1S/C16H19ClF2N2/c1-4-14-16(10(3)17)15(5-2)21(20-14)9-11-6-7-12(18)13(19)8-11/h6-8,10H,4-5,9H2,1-3H3. The first-order valence-corrected chi connectivity index (χ1v) is 7.57. The summed E-state index contributed by atoms with van der Waals surface area (Å²) in [5, 5.41) is 4.47. The van der Waals surface area contributed by atoms with Crippen LogP contribution in [-0.4, -0.2) is 9.78 Å². The Morgan fingerprint density at radius 3 is 2.43 bits per heavy atom. The van der Waals surface area contributed by atoms with Gasteiger partial charge in [0.05, 0.1) is 17.6 Å². The zero-order valence-electron chi connectivity index (χ0n) is 12.5. The van der Waals surface area contributed by atoms with Crippen molar-refractivity contribution in [3.63, 3.8) is 0 Å². The molecule has 1 aromatic carbocycles. The molecule has 1 heterocycles. The lowest BCUT2D eigenvalue weighted by atomic mass is 10.1. The van der Waals surface area contributed by atoms with Crippen molar-refractivity contribution < 1.29 is 8.78 Å². The van der Waals surface area contributed by atoms with E-state index in [4.69, 9.17) is 11.6 Å². The van der Waals surface area contributed by atoms with E-state index in [1.54, 1.807) is 6.07 Å². The fourth-order valence-electron chi connectivity index (χ4n) is 2.60. The number of aryl methyl sites for hydroxylation is 1. The molecule has 5 heteroatoms. The highest BCUT2D eigenvalue weighted by molar-refractivity contribution is 6.20. The minimum absolute atomic E-state index is 0.117. The second kappa shape index (κ2) is 6.56. The smallest absolute Gasteiger partial charge is 0.159 e. The molecule has 0 aliphatic heterocycles. The first-order valence-electron chi connectivity index (χ1n) is 7.14. The van der Waals surface area contributed by atoms with Crippen molar-refractivity contribution in [2.45, 2.75) is 45.5 Å². The Morgan fingerprint density at radius 1 is 1.19 bits per heavy atom. The Balaban J connectivity index is 2.41. The molecule has 0 fully saturated rings. The highest BCUT2D eigenvalue weighted by Gasteiger charge is 2.19. The molecular formula is C16H19ClF2N2. The molecule has 0 saturated heterocycles. The van der Waals surface area contributed by atoms with Crippen LogP contribution in [-0.2, 0) is 19.4 Å². The van der Waals surface area contributed by atoms with Crippen molar-refractivity contribution in [3.8, 4) is 0 Å². The first kappa shape index (κ1) is 16.0. The minimum atomic E-state index is -0.834. The molecule has 0 spiro atoms. The van der Waals surface area contributed by atoms with Crippen LogP contribution in [0.3, 0.4) is 0 Å². The lowest BCUT2D eigenvalue weighted by Crippen LogP contribution is -2.07. The van der Waals surface area contributed by atoms with Crippen LogP contribution in [0.1, 0.15) is 48.7 Å². The summed E-state index contributed by atoms with van der Waals surface area (Å²) < 4.78 is 28.2. The maximum absolute atomic E-state index is 13.3. The fourth-order valence-corrected chi connectivity index (χ4v) is 2.85. The molecule has 0 bridgehead atoms. The zero-order valence-corrected chi connectivity index (χ0v) is 13.2. The van der Waals surface area contributed by atoms with Gasteiger partial charge in [-0.3, -0.25) is 4.68 Å². The number of benzene rings is 1. The summed E-state index contributed by atoms with van der Waals surface area (Å²) in [6, 6.07) is 3.94. The molecule has 1 aromatic heterocycles. The molecule has 21 heavy (non-hydrogen) atoms. The third-order valence-electron chi connectivity index (χ3n) is 3.56. The third-order valence-corrected chi connectivity index (χ3v) is 3.78. The fraction of sp³-hybridized carbons (Fsp3) is 0.438. The molecule has 0 N–H and O–H groups in total. The van der Waals surface area contributed by atoms with Gasteiger partial charge in [0.15, 0.2) is 11.6 Å². The van der Waals surface area contributed by atoms with E-state index in [2.05, 4.69) is 5.10 Å². The van der Waals surface area contributed by atoms with Crippen LogP contribution < -0.4 is 0 Å². The van der Waals surface area contributed by atoms with E-state index in [0.717, 1.165) is 35.9 Å². The SMILES string of the molecule is CCc1nn(Cc2ccc(F)c(F)c2)c(CC)c1C(C)Cl. The average Bonchev–Trinajstić information content (AvgIpc) is 2.80. The van der Waals surface area contributed by atoms with E-state index in [1.165, 1.54) is 6.07 Å². The van der Waals surface area contributed by atoms with Crippen LogP contribution in [0.2, 0.25) is 0 Å². The van der Waals surface area contributed by atoms with E-state index in [9.17, 15) is 8.78 Å². The number of nitrogens with zero attached hydrogens (tertiary/aromatic N) is 2. The van der Waals surface area contributed by atoms with E-state index in [1.807, 2.05) is 25.5 Å². The van der Waals surface area contributed by atoms with Crippen molar-refractivity contribution in [1.82, 2.24) is 9.78 Å². The number of hydrogen-bond acceptors (Lipinski definition) is 1. The van der Waals surface area contributed by atoms with E-state index in [-0.39, 0.29) is 5.38 Å². The summed E-state index contributed by atoms with van der Waals surface area (Å²) >= 11 is 6.27. The predicted octanol–water partition coefficient (Wildman–Crippen LogP) is 4.63. The van der Waals surface area contributed by atoms with E-state index >= 15 is 0 Å². The molecule has 1 atom stereocenters. The maximum Gasteiger partial charge on any atom is 0.159 e. The highest BCUT2D eigenvalue weighted by Crippen LogP contribution is 2.28. The molecule has 0 aliphatic carbocycles. The van der Waals surface area contributed by atoms with Gasteiger partial charge in [0.1, 0.15) is 0 Å². The summed E-state index contributed by atoms with van der Waals surface area (Å²) in [5.41, 5.74) is 3.77. The normalized spacial score (nSPS) is 12.7. The van der Waals surface area contributed by atoms with Crippen LogP contribution in [0, 0.1) is 11.6 Å². The number of halogens is 3. The Bertz CT molecular complexity index is 635. The Labute approximate surface area is 128 Å². The Hall–Kier alpha value is -1.42. The van der Waals surface area contributed by atoms with E-state index < -0.39 is 11.6 Å². The van der Waals surface area contributed by atoms with Crippen LogP contribution in [0.4, 0.5) is 8.78 Å². The van der Waals surface area contributed by atoms with Gasteiger partial charge >= 0.3 is 0 Å². The molecule has 0 saturated carbocycles. The van der Waals surface area contributed by atoms with Gasteiger partial charge in [-0.2, -0.15) is 5.10 Å². The van der Waals surface area contributed by atoms with Crippen molar-refractivity contribution in [2.24, 2.45) is 0 Å². The molecular weight excluding hydrogens is 294 g/mol. The van der Waals surface area contributed by atoms with Gasteiger partial charge in [-0.15, -0.1) is 11.6 Å². The zero-order chi connectivity index (χ0) is 15.6. The Kier molecular flexibility index (Phi) is 4.99. The van der Waals surface area contributed by atoms with Crippen LogP contribution in [0.5, 0.6) is 0 Å². The molecule has 0 aliphatic rings. The average molecular weight is 313 g/mol. The molecule has 2 aromatic rings. The largest absolute Gasteiger partial charge is 0.265 e. The molecule has 114 valence electrons. The van der Waals surface area contributed by atoms with Gasteiger partial charge < -0.3 is 0 Å². The summed E-state index contributed by atoms with van der Waals surface area (Å²) in [6.45, 7) is 6.42. The second-order valence-electron chi connectivity index (χ2n) is 5.04. The van der Waals surface area contributed by atoms with Gasteiger partial charge in [-0.25, -0.2) is 8.78 Å². The third kappa shape index (κ3) is 3.26. The summed E-state index contributed by atoms with van der Waals surface area (Å²) in [7, 11) is 0. The number of aromatic nitrogens is 2. The van der Waals surface area contributed by atoms with Gasteiger partial charge in [0, 0.05) is 11.3 Å². The van der Waals surface area contributed by atoms with Gasteiger partial charge in [-0.05, 0) is 37.5 Å². The van der Waals surface area contributed by atoms with E-state index in [0.29, 0.717) is 12.1 Å². The van der Waals surface area contributed by atoms with Crippen molar-refractivity contribution in [1.29, 1.82) is 0 Å². The second-order valence-corrected chi connectivity index (χ2v) is 5.69. The minimum Gasteiger partial charge on any atom is -0.265 e.